The summed E-state index contributed by atoms with van der Waals surface area (Å²) in [6.07, 6.45) is 3.62. The first-order valence-corrected chi connectivity index (χ1v) is 7.41. The molecule has 1 heterocycles. The predicted molar refractivity (Wildman–Crippen MR) is 63.6 cm³/mol. The number of hydrogen-bond acceptors (Lipinski definition) is 2. The molecule has 1 aromatic rings. The standard InChI is InChI=1S/C12H15F2NO2S/c13-11-6-5-10(9-12(11)14)18(16,17)15-7-3-1-2-4-8-15/h5-6,9H,1-4,7-8H2. The maximum Gasteiger partial charge on any atom is 0.243 e. The molecule has 1 aliphatic heterocycles. The lowest BCUT2D eigenvalue weighted by atomic mass is 10.2. The van der Waals surface area contributed by atoms with Crippen molar-refractivity contribution in [2.75, 3.05) is 13.1 Å². The average molecular weight is 275 g/mol. The highest BCUT2D eigenvalue weighted by atomic mass is 32.2. The summed E-state index contributed by atoms with van der Waals surface area (Å²) in [5, 5.41) is 0. The van der Waals surface area contributed by atoms with Crippen LogP contribution in [0.3, 0.4) is 0 Å². The van der Waals surface area contributed by atoms with E-state index in [1.165, 1.54) is 4.31 Å². The van der Waals surface area contributed by atoms with E-state index >= 15 is 0 Å². The molecule has 1 aromatic carbocycles. The first-order valence-electron chi connectivity index (χ1n) is 5.97. The quantitative estimate of drug-likeness (QED) is 0.831. The highest BCUT2D eigenvalue weighted by Gasteiger charge is 2.25. The van der Waals surface area contributed by atoms with E-state index in [1.807, 2.05) is 0 Å². The van der Waals surface area contributed by atoms with Crippen LogP contribution in [0.25, 0.3) is 0 Å². The van der Waals surface area contributed by atoms with Gasteiger partial charge in [0, 0.05) is 13.1 Å². The van der Waals surface area contributed by atoms with Gasteiger partial charge in [-0.2, -0.15) is 4.31 Å². The molecule has 0 saturated carbocycles. The average Bonchev–Trinajstić information content (AvgIpc) is 2.61. The Labute approximate surface area is 105 Å². The summed E-state index contributed by atoms with van der Waals surface area (Å²) >= 11 is 0. The molecule has 2 rings (SSSR count). The van der Waals surface area contributed by atoms with Gasteiger partial charge in [-0.15, -0.1) is 0 Å². The Balaban J connectivity index is 2.31. The van der Waals surface area contributed by atoms with Gasteiger partial charge in [0.15, 0.2) is 11.6 Å². The molecule has 0 N–H and O–H groups in total. The zero-order valence-corrected chi connectivity index (χ0v) is 10.7. The van der Waals surface area contributed by atoms with E-state index in [0.717, 1.165) is 43.9 Å². The van der Waals surface area contributed by atoms with Crippen molar-refractivity contribution in [2.45, 2.75) is 30.6 Å². The molecule has 18 heavy (non-hydrogen) atoms. The summed E-state index contributed by atoms with van der Waals surface area (Å²) < 4.78 is 51.7. The third-order valence-corrected chi connectivity index (χ3v) is 4.99. The zero-order chi connectivity index (χ0) is 13.2. The first kappa shape index (κ1) is 13.4. The minimum absolute atomic E-state index is 0.177. The summed E-state index contributed by atoms with van der Waals surface area (Å²) in [4.78, 5) is -0.177. The fourth-order valence-corrected chi connectivity index (χ4v) is 3.60. The monoisotopic (exact) mass is 275 g/mol. The van der Waals surface area contributed by atoms with Crippen LogP contribution >= 0.6 is 0 Å². The van der Waals surface area contributed by atoms with Crippen LogP contribution in [-0.4, -0.2) is 25.8 Å². The third kappa shape index (κ3) is 2.70. The number of hydrogen-bond donors (Lipinski definition) is 0. The first-order chi connectivity index (χ1) is 8.51. The van der Waals surface area contributed by atoms with E-state index in [-0.39, 0.29) is 4.90 Å². The fraction of sp³-hybridized carbons (Fsp3) is 0.500. The van der Waals surface area contributed by atoms with Crippen molar-refractivity contribution in [2.24, 2.45) is 0 Å². The van der Waals surface area contributed by atoms with Crippen LogP contribution in [0.4, 0.5) is 8.78 Å². The van der Waals surface area contributed by atoms with Crippen molar-refractivity contribution in [3.05, 3.63) is 29.8 Å². The molecule has 0 aromatic heterocycles. The van der Waals surface area contributed by atoms with Crippen LogP contribution < -0.4 is 0 Å². The second-order valence-electron chi connectivity index (χ2n) is 4.39. The molecule has 0 amide bonds. The Kier molecular flexibility index (Phi) is 3.97. The van der Waals surface area contributed by atoms with Gasteiger partial charge in [0.2, 0.25) is 10.0 Å². The third-order valence-electron chi connectivity index (χ3n) is 3.09. The van der Waals surface area contributed by atoms with Crippen molar-refractivity contribution in [3.63, 3.8) is 0 Å². The number of rotatable bonds is 2. The number of halogens is 2. The number of sulfonamides is 1. The van der Waals surface area contributed by atoms with E-state index in [2.05, 4.69) is 0 Å². The number of nitrogens with zero attached hydrogens (tertiary/aromatic N) is 1. The Hall–Kier alpha value is -1.01. The maximum absolute atomic E-state index is 13.1. The van der Waals surface area contributed by atoms with E-state index in [4.69, 9.17) is 0 Å². The second kappa shape index (κ2) is 5.32. The molecule has 1 fully saturated rings. The van der Waals surface area contributed by atoms with Crippen molar-refractivity contribution >= 4 is 10.0 Å². The van der Waals surface area contributed by atoms with Crippen LogP contribution in [0.2, 0.25) is 0 Å². The molecule has 0 spiro atoms. The zero-order valence-electron chi connectivity index (χ0n) is 9.90. The molecular formula is C12H15F2NO2S. The fourth-order valence-electron chi connectivity index (χ4n) is 2.07. The Bertz CT molecular complexity index is 523. The molecule has 1 saturated heterocycles. The van der Waals surface area contributed by atoms with Gasteiger partial charge in [0.1, 0.15) is 0 Å². The molecule has 100 valence electrons. The summed E-state index contributed by atoms with van der Waals surface area (Å²) in [5.74, 6) is -2.17. The molecule has 0 bridgehead atoms. The van der Waals surface area contributed by atoms with Gasteiger partial charge in [0.25, 0.3) is 0 Å². The van der Waals surface area contributed by atoms with Crippen LogP contribution in [-0.2, 0) is 10.0 Å². The highest BCUT2D eigenvalue weighted by molar-refractivity contribution is 7.89. The molecule has 0 atom stereocenters. The maximum atomic E-state index is 13.1. The lowest BCUT2D eigenvalue weighted by Crippen LogP contribution is -2.32. The Morgan fingerprint density at radius 2 is 1.56 bits per heavy atom. The van der Waals surface area contributed by atoms with Crippen molar-refractivity contribution in [1.29, 1.82) is 0 Å². The van der Waals surface area contributed by atoms with Gasteiger partial charge < -0.3 is 0 Å². The molecule has 0 unspecified atom stereocenters. The minimum atomic E-state index is -3.70. The van der Waals surface area contributed by atoms with Gasteiger partial charge in [-0.3, -0.25) is 0 Å². The molecule has 6 heteroatoms. The van der Waals surface area contributed by atoms with Gasteiger partial charge >= 0.3 is 0 Å². The molecule has 0 aliphatic carbocycles. The smallest absolute Gasteiger partial charge is 0.207 e. The number of benzene rings is 1. The predicted octanol–water partition coefficient (Wildman–Crippen LogP) is 2.53. The summed E-state index contributed by atoms with van der Waals surface area (Å²) in [7, 11) is -3.70. The topological polar surface area (TPSA) is 37.4 Å². The van der Waals surface area contributed by atoms with Gasteiger partial charge in [0.05, 0.1) is 4.90 Å². The van der Waals surface area contributed by atoms with Crippen molar-refractivity contribution in [3.8, 4) is 0 Å². The van der Waals surface area contributed by atoms with Crippen LogP contribution in [0, 0.1) is 11.6 Å². The van der Waals surface area contributed by atoms with Crippen LogP contribution in [0.1, 0.15) is 25.7 Å². The normalized spacial score (nSPS) is 18.6. The largest absolute Gasteiger partial charge is 0.243 e. The lowest BCUT2D eigenvalue weighted by Gasteiger charge is -2.19. The van der Waals surface area contributed by atoms with E-state index in [1.54, 1.807) is 0 Å². The molecule has 3 nitrogen and oxygen atoms in total. The summed E-state index contributed by atoms with van der Waals surface area (Å²) in [6, 6.07) is 2.70. The summed E-state index contributed by atoms with van der Waals surface area (Å²) in [6.45, 7) is 0.892. The van der Waals surface area contributed by atoms with Gasteiger partial charge in [-0.1, -0.05) is 12.8 Å². The SMILES string of the molecule is O=S(=O)(c1ccc(F)c(F)c1)N1CCCCCC1. The van der Waals surface area contributed by atoms with E-state index < -0.39 is 21.7 Å². The van der Waals surface area contributed by atoms with Crippen LogP contribution in [0.15, 0.2) is 23.1 Å². The highest BCUT2D eigenvalue weighted by Crippen LogP contribution is 2.21. The van der Waals surface area contributed by atoms with Crippen molar-refractivity contribution in [1.82, 2.24) is 4.31 Å². The molecular weight excluding hydrogens is 260 g/mol. The van der Waals surface area contributed by atoms with Gasteiger partial charge in [-0.05, 0) is 31.0 Å². The molecule has 0 radical (unpaired) electrons. The molecule has 1 aliphatic rings. The lowest BCUT2D eigenvalue weighted by molar-refractivity contribution is 0.422. The van der Waals surface area contributed by atoms with Gasteiger partial charge in [-0.25, -0.2) is 17.2 Å². The van der Waals surface area contributed by atoms with Crippen LogP contribution in [0.5, 0.6) is 0 Å². The van der Waals surface area contributed by atoms with E-state index in [9.17, 15) is 17.2 Å². The van der Waals surface area contributed by atoms with E-state index in [0.29, 0.717) is 13.1 Å². The minimum Gasteiger partial charge on any atom is -0.207 e. The Morgan fingerprint density at radius 1 is 0.944 bits per heavy atom. The van der Waals surface area contributed by atoms with Crippen molar-refractivity contribution < 1.29 is 17.2 Å². The second-order valence-corrected chi connectivity index (χ2v) is 6.33. The summed E-state index contributed by atoms with van der Waals surface area (Å²) in [5.41, 5.74) is 0. The Morgan fingerprint density at radius 3 is 2.11 bits per heavy atom.